The van der Waals surface area contributed by atoms with Crippen LogP contribution in [0.4, 0.5) is 0 Å². The summed E-state index contributed by atoms with van der Waals surface area (Å²) in [6.07, 6.45) is 2.44. The molecule has 0 aromatic carbocycles. The van der Waals surface area contributed by atoms with Gasteiger partial charge >= 0.3 is 5.97 Å². The van der Waals surface area contributed by atoms with Crippen LogP contribution in [0.25, 0.3) is 0 Å². The molecule has 0 radical (unpaired) electrons. The Morgan fingerprint density at radius 3 is 2.94 bits per heavy atom. The SMILES string of the molecule is CCOC(=O)C(CCn1nccc1C)NC. The van der Waals surface area contributed by atoms with Gasteiger partial charge in [0.1, 0.15) is 6.04 Å². The first-order valence-corrected chi connectivity index (χ1v) is 5.51. The van der Waals surface area contributed by atoms with Crippen LogP contribution in [0.2, 0.25) is 0 Å². The van der Waals surface area contributed by atoms with Crippen LogP contribution in [0.5, 0.6) is 0 Å². The molecule has 1 unspecified atom stereocenters. The van der Waals surface area contributed by atoms with Crippen molar-refractivity contribution in [1.82, 2.24) is 15.1 Å². The molecular formula is C11H19N3O2. The second-order valence-corrected chi connectivity index (χ2v) is 3.58. The van der Waals surface area contributed by atoms with Crippen molar-refractivity contribution < 1.29 is 9.53 Å². The minimum Gasteiger partial charge on any atom is -0.465 e. The van der Waals surface area contributed by atoms with Gasteiger partial charge in [-0.3, -0.25) is 9.48 Å². The summed E-state index contributed by atoms with van der Waals surface area (Å²) in [4.78, 5) is 11.5. The molecule has 16 heavy (non-hydrogen) atoms. The number of rotatable bonds is 6. The quantitative estimate of drug-likeness (QED) is 0.725. The molecule has 1 heterocycles. The van der Waals surface area contributed by atoms with E-state index in [2.05, 4.69) is 10.4 Å². The predicted octanol–water partition coefficient (Wildman–Crippen LogP) is 0.733. The van der Waals surface area contributed by atoms with Gasteiger partial charge in [0.15, 0.2) is 0 Å². The van der Waals surface area contributed by atoms with E-state index in [0.29, 0.717) is 19.6 Å². The van der Waals surface area contributed by atoms with E-state index in [1.165, 1.54) is 0 Å². The monoisotopic (exact) mass is 225 g/mol. The summed E-state index contributed by atoms with van der Waals surface area (Å²) in [6.45, 7) is 4.93. The fraction of sp³-hybridized carbons (Fsp3) is 0.636. The van der Waals surface area contributed by atoms with Crippen LogP contribution in [0.15, 0.2) is 12.3 Å². The van der Waals surface area contributed by atoms with Gasteiger partial charge in [0.2, 0.25) is 0 Å². The molecule has 1 N–H and O–H groups in total. The molecule has 0 fully saturated rings. The lowest BCUT2D eigenvalue weighted by atomic mass is 10.2. The van der Waals surface area contributed by atoms with Crippen molar-refractivity contribution in [3.05, 3.63) is 18.0 Å². The Balaban J connectivity index is 2.46. The molecule has 5 nitrogen and oxygen atoms in total. The van der Waals surface area contributed by atoms with Crippen molar-refractivity contribution in [2.45, 2.75) is 32.9 Å². The molecule has 0 bridgehead atoms. The topological polar surface area (TPSA) is 56.2 Å². The van der Waals surface area contributed by atoms with Gasteiger partial charge in [-0.05, 0) is 33.4 Å². The predicted molar refractivity (Wildman–Crippen MR) is 61.1 cm³/mol. The van der Waals surface area contributed by atoms with Crippen LogP contribution in [-0.2, 0) is 16.1 Å². The summed E-state index contributed by atoms with van der Waals surface area (Å²) in [5.74, 6) is -0.199. The average Bonchev–Trinajstić information content (AvgIpc) is 2.66. The van der Waals surface area contributed by atoms with Crippen molar-refractivity contribution in [1.29, 1.82) is 0 Å². The highest BCUT2D eigenvalue weighted by Crippen LogP contribution is 2.02. The molecule has 0 aliphatic heterocycles. The molecule has 0 saturated carbocycles. The minimum atomic E-state index is -0.261. The van der Waals surface area contributed by atoms with Gasteiger partial charge in [0.05, 0.1) is 6.61 Å². The third-order valence-electron chi connectivity index (χ3n) is 2.48. The molecule has 90 valence electrons. The van der Waals surface area contributed by atoms with Crippen molar-refractivity contribution in [3.63, 3.8) is 0 Å². The van der Waals surface area contributed by atoms with Crippen LogP contribution in [0.3, 0.4) is 0 Å². The van der Waals surface area contributed by atoms with Gasteiger partial charge in [0, 0.05) is 18.4 Å². The zero-order valence-corrected chi connectivity index (χ0v) is 10.1. The number of likely N-dealkylation sites (N-methyl/N-ethyl adjacent to an activating group) is 1. The number of carbonyl (C=O) groups excluding carboxylic acids is 1. The number of ether oxygens (including phenoxy) is 1. The van der Waals surface area contributed by atoms with Crippen molar-refractivity contribution in [3.8, 4) is 0 Å². The highest BCUT2D eigenvalue weighted by molar-refractivity contribution is 5.75. The Morgan fingerprint density at radius 1 is 1.69 bits per heavy atom. The molecule has 0 spiro atoms. The molecule has 1 aromatic rings. The van der Waals surface area contributed by atoms with Crippen molar-refractivity contribution in [2.75, 3.05) is 13.7 Å². The first-order chi connectivity index (χ1) is 7.69. The van der Waals surface area contributed by atoms with Gasteiger partial charge in [-0.2, -0.15) is 5.10 Å². The summed E-state index contributed by atoms with van der Waals surface area (Å²) in [6, 6.07) is 1.68. The van der Waals surface area contributed by atoms with E-state index in [1.54, 1.807) is 13.2 Å². The van der Waals surface area contributed by atoms with E-state index in [4.69, 9.17) is 4.74 Å². The number of carbonyl (C=O) groups is 1. The summed E-state index contributed by atoms with van der Waals surface area (Å²) >= 11 is 0. The van der Waals surface area contributed by atoms with Crippen molar-refractivity contribution in [2.24, 2.45) is 0 Å². The maximum Gasteiger partial charge on any atom is 0.323 e. The van der Waals surface area contributed by atoms with Crippen molar-refractivity contribution >= 4 is 5.97 Å². The van der Waals surface area contributed by atoms with Crippen LogP contribution >= 0.6 is 0 Å². The summed E-state index contributed by atoms with van der Waals surface area (Å²) in [7, 11) is 1.76. The number of hydrogen-bond donors (Lipinski definition) is 1. The Kier molecular flexibility index (Phi) is 4.98. The van der Waals surface area contributed by atoms with E-state index < -0.39 is 0 Å². The smallest absolute Gasteiger partial charge is 0.323 e. The second kappa shape index (κ2) is 6.27. The molecule has 5 heteroatoms. The summed E-state index contributed by atoms with van der Waals surface area (Å²) < 4.78 is 6.84. The van der Waals surface area contributed by atoms with E-state index in [1.807, 2.05) is 24.6 Å². The van der Waals surface area contributed by atoms with Gasteiger partial charge in [-0.1, -0.05) is 0 Å². The van der Waals surface area contributed by atoms with Crippen LogP contribution < -0.4 is 5.32 Å². The fourth-order valence-corrected chi connectivity index (χ4v) is 1.51. The Labute approximate surface area is 95.8 Å². The van der Waals surface area contributed by atoms with Gasteiger partial charge in [-0.15, -0.1) is 0 Å². The zero-order valence-electron chi connectivity index (χ0n) is 10.1. The first-order valence-electron chi connectivity index (χ1n) is 5.51. The van der Waals surface area contributed by atoms with Crippen LogP contribution in [0, 0.1) is 6.92 Å². The van der Waals surface area contributed by atoms with Gasteiger partial charge in [-0.25, -0.2) is 0 Å². The summed E-state index contributed by atoms with van der Waals surface area (Å²) in [5, 5.41) is 7.12. The number of hydrogen-bond acceptors (Lipinski definition) is 4. The third-order valence-corrected chi connectivity index (χ3v) is 2.48. The molecular weight excluding hydrogens is 206 g/mol. The lowest BCUT2D eigenvalue weighted by Gasteiger charge is -2.14. The molecule has 1 rings (SSSR count). The highest BCUT2D eigenvalue weighted by Gasteiger charge is 2.17. The maximum absolute atomic E-state index is 11.5. The van der Waals surface area contributed by atoms with Crippen LogP contribution in [0.1, 0.15) is 19.0 Å². The lowest BCUT2D eigenvalue weighted by molar-refractivity contribution is -0.145. The molecule has 0 aliphatic carbocycles. The summed E-state index contributed by atoms with van der Waals surface area (Å²) in [5.41, 5.74) is 1.10. The van der Waals surface area contributed by atoms with E-state index in [9.17, 15) is 4.79 Å². The largest absolute Gasteiger partial charge is 0.465 e. The molecule has 0 amide bonds. The zero-order chi connectivity index (χ0) is 12.0. The Bertz CT molecular complexity index is 336. The maximum atomic E-state index is 11.5. The van der Waals surface area contributed by atoms with E-state index in [-0.39, 0.29) is 12.0 Å². The second-order valence-electron chi connectivity index (χ2n) is 3.58. The van der Waals surface area contributed by atoms with E-state index in [0.717, 1.165) is 5.69 Å². The molecule has 1 aromatic heterocycles. The first kappa shape index (κ1) is 12.7. The normalized spacial score (nSPS) is 12.4. The van der Waals surface area contributed by atoms with Gasteiger partial charge in [0.25, 0.3) is 0 Å². The number of esters is 1. The minimum absolute atomic E-state index is 0.199. The number of nitrogens with one attached hydrogen (secondary N) is 1. The van der Waals surface area contributed by atoms with E-state index >= 15 is 0 Å². The molecule has 1 atom stereocenters. The fourth-order valence-electron chi connectivity index (χ4n) is 1.51. The highest BCUT2D eigenvalue weighted by atomic mass is 16.5. The van der Waals surface area contributed by atoms with Gasteiger partial charge < -0.3 is 10.1 Å². The standard InChI is InChI=1S/C11H19N3O2/c1-4-16-11(15)10(12-3)6-8-14-9(2)5-7-13-14/h5,7,10,12H,4,6,8H2,1-3H3. The average molecular weight is 225 g/mol. The lowest BCUT2D eigenvalue weighted by Crippen LogP contribution is -2.36. The molecule has 0 aliphatic rings. The number of nitrogens with zero attached hydrogens (tertiary/aromatic N) is 2. The number of aryl methyl sites for hydroxylation is 2. The van der Waals surface area contributed by atoms with Crippen LogP contribution in [-0.4, -0.2) is 35.4 Å². The Hall–Kier alpha value is -1.36. The molecule has 0 saturated heterocycles. The Morgan fingerprint density at radius 2 is 2.44 bits per heavy atom. The third kappa shape index (κ3) is 3.34. The number of aromatic nitrogens is 2.